The molecule has 1 aliphatic heterocycles. The summed E-state index contributed by atoms with van der Waals surface area (Å²) < 4.78 is 12.7. The molecule has 0 N–H and O–H groups in total. The average molecular weight is 427 g/mol. The Labute approximate surface area is 159 Å². The summed E-state index contributed by atoms with van der Waals surface area (Å²) in [6.07, 6.45) is 0. The lowest BCUT2D eigenvalue weighted by molar-refractivity contribution is 0.267. The average Bonchev–Trinajstić information content (AvgIpc) is 3.10. The van der Waals surface area contributed by atoms with Gasteiger partial charge in [0.25, 0.3) is 0 Å². The third-order valence-corrected chi connectivity index (χ3v) is 5.30. The van der Waals surface area contributed by atoms with Crippen molar-refractivity contribution in [3.63, 3.8) is 0 Å². The number of halogens is 2. The largest absolute Gasteiger partial charge is 0.490 e. The van der Waals surface area contributed by atoms with Crippen molar-refractivity contribution in [2.75, 3.05) is 18.9 Å². The van der Waals surface area contributed by atoms with Crippen LogP contribution in [0.5, 0.6) is 11.5 Å². The number of hydrogen-bond donors (Lipinski definition) is 0. The highest BCUT2D eigenvalue weighted by Crippen LogP contribution is 2.39. The van der Waals surface area contributed by atoms with Crippen molar-refractivity contribution < 1.29 is 9.47 Å². The zero-order chi connectivity index (χ0) is 16.9. The van der Waals surface area contributed by atoms with Crippen LogP contribution in [-0.4, -0.2) is 23.9 Å². The minimum atomic E-state index is 0.449. The van der Waals surface area contributed by atoms with Crippen LogP contribution in [0, 0.1) is 0 Å². The van der Waals surface area contributed by atoms with Crippen molar-refractivity contribution in [3.05, 3.63) is 57.0 Å². The van der Waals surface area contributed by atoms with Crippen molar-refractivity contribution in [2.45, 2.75) is 13.5 Å². The van der Waals surface area contributed by atoms with Crippen LogP contribution in [0.25, 0.3) is 0 Å². The van der Waals surface area contributed by atoms with Gasteiger partial charge in [-0.15, -0.1) is 11.8 Å². The summed E-state index contributed by atoms with van der Waals surface area (Å²) in [6.45, 7) is 3.86. The number of rotatable bonds is 6. The molecule has 3 nitrogen and oxygen atoms in total. The van der Waals surface area contributed by atoms with Gasteiger partial charge >= 0.3 is 0 Å². The fourth-order valence-corrected chi connectivity index (χ4v) is 3.87. The molecule has 2 aromatic carbocycles. The quantitative estimate of drug-likeness (QED) is 0.604. The zero-order valence-electron chi connectivity index (χ0n) is 13.2. The Morgan fingerprint density at radius 2 is 2.00 bits per heavy atom. The van der Waals surface area contributed by atoms with Crippen molar-refractivity contribution in [1.82, 2.24) is 0 Å². The SMILES string of the molecule is CCOc1cc(C2=NCCS2)cc(Br)c1OCc1ccc(Cl)cc1. The summed E-state index contributed by atoms with van der Waals surface area (Å²) in [5, 5.41) is 1.77. The molecule has 0 aromatic heterocycles. The number of nitrogens with zero attached hydrogens (tertiary/aromatic N) is 1. The van der Waals surface area contributed by atoms with Gasteiger partial charge in [-0.05, 0) is 52.7 Å². The van der Waals surface area contributed by atoms with E-state index in [1.807, 2.05) is 43.3 Å². The molecular formula is C18H17BrClNO2S. The maximum absolute atomic E-state index is 6.00. The molecule has 3 rings (SSSR count). The Morgan fingerprint density at radius 1 is 1.21 bits per heavy atom. The van der Waals surface area contributed by atoms with Gasteiger partial charge in [-0.2, -0.15) is 0 Å². The first-order chi connectivity index (χ1) is 11.7. The Balaban J connectivity index is 1.84. The maximum atomic E-state index is 6.00. The maximum Gasteiger partial charge on any atom is 0.175 e. The molecular weight excluding hydrogens is 410 g/mol. The molecule has 0 bridgehead atoms. The van der Waals surface area contributed by atoms with Crippen molar-refractivity contribution >= 4 is 44.3 Å². The second-order valence-corrected chi connectivity index (χ2v) is 7.54. The van der Waals surface area contributed by atoms with Gasteiger partial charge in [0.2, 0.25) is 0 Å². The summed E-state index contributed by atoms with van der Waals surface area (Å²) >= 11 is 11.3. The van der Waals surface area contributed by atoms with Gasteiger partial charge < -0.3 is 9.47 Å². The van der Waals surface area contributed by atoms with Gasteiger partial charge in [0, 0.05) is 22.9 Å². The van der Waals surface area contributed by atoms with E-state index in [1.165, 1.54) is 0 Å². The van der Waals surface area contributed by atoms with E-state index in [9.17, 15) is 0 Å². The minimum Gasteiger partial charge on any atom is -0.490 e. The first kappa shape index (κ1) is 17.6. The molecule has 0 saturated heterocycles. The van der Waals surface area contributed by atoms with E-state index in [1.54, 1.807) is 11.8 Å². The number of hydrogen-bond acceptors (Lipinski definition) is 4. The van der Waals surface area contributed by atoms with Gasteiger partial charge in [-0.1, -0.05) is 23.7 Å². The summed E-state index contributed by atoms with van der Waals surface area (Å²) in [6, 6.07) is 11.7. The first-order valence-electron chi connectivity index (χ1n) is 7.68. The van der Waals surface area contributed by atoms with Crippen LogP contribution in [-0.2, 0) is 6.61 Å². The van der Waals surface area contributed by atoms with Crippen LogP contribution in [0.3, 0.4) is 0 Å². The smallest absolute Gasteiger partial charge is 0.175 e. The summed E-state index contributed by atoms with van der Waals surface area (Å²) in [5.41, 5.74) is 2.11. The van der Waals surface area contributed by atoms with Gasteiger partial charge in [0.1, 0.15) is 6.61 Å². The molecule has 0 amide bonds. The Morgan fingerprint density at radius 3 is 2.67 bits per heavy atom. The number of thioether (sulfide) groups is 1. The Hall–Kier alpha value is -1.17. The molecule has 1 heterocycles. The molecule has 2 aromatic rings. The second-order valence-electron chi connectivity index (χ2n) is 5.17. The highest BCUT2D eigenvalue weighted by atomic mass is 79.9. The fourth-order valence-electron chi connectivity index (χ4n) is 2.34. The standard InChI is InChI=1S/C18H17BrClNO2S/c1-2-22-16-10-13(18-21-7-8-24-18)9-15(19)17(16)23-11-12-3-5-14(20)6-4-12/h3-6,9-10H,2,7-8,11H2,1H3. The van der Waals surface area contributed by atoms with Crippen LogP contribution >= 0.6 is 39.3 Å². The Kier molecular flexibility index (Phi) is 6.09. The van der Waals surface area contributed by atoms with Crippen LogP contribution in [0.2, 0.25) is 5.02 Å². The topological polar surface area (TPSA) is 30.8 Å². The van der Waals surface area contributed by atoms with Crippen LogP contribution in [0.15, 0.2) is 45.9 Å². The predicted molar refractivity (Wildman–Crippen MR) is 105 cm³/mol. The van der Waals surface area contributed by atoms with Gasteiger partial charge in [0.15, 0.2) is 11.5 Å². The van der Waals surface area contributed by atoms with E-state index >= 15 is 0 Å². The molecule has 0 saturated carbocycles. The molecule has 126 valence electrons. The molecule has 24 heavy (non-hydrogen) atoms. The number of ether oxygens (including phenoxy) is 2. The van der Waals surface area contributed by atoms with Crippen LogP contribution < -0.4 is 9.47 Å². The molecule has 0 atom stereocenters. The van der Waals surface area contributed by atoms with Crippen molar-refractivity contribution in [2.24, 2.45) is 4.99 Å². The van der Waals surface area contributed by atoms with E-state index < -0.39 is 0 Å². The third kappa shape index (κ3) is 4.26. The van der Waals surface area contributed by atoms with Gasteiger partial charge in [-0.25, -0.2) is 0 Å². The minimum absolute atomic E-state index is 0.449. The lowest BCUT2D eigenvalue weighted by Crippen LogP contribution is -2.03. The van der Waals surface area contributed by atoms with E-state index in [-0.39, 0.29) is 0 Å². The van der Waals surface area contributed by atoms with Crippen LogP contribution in [0.1, 0.15) is 18.1 Å². The summed E-state index contributed by atoms with van der Waals surface area (Å²) in [4.78, 5) is 4.53. The van der Waals surface area contributed by atoms with E-state index in [0.29, 0.717) is 24.0 Å². The molecule has 0 aliphatic carbocycles. The van der Waals surface area contributed by atoms with Gasteiger partial charge in [-0.3, -0.25) is 4.99 Å². The fraction of sp³-hybridized carbons (Fsp3) is 0.278. The molecule has 6 heteroatoms. The molecule has 0 radical (unpaired) electrons. The second kappa shape index (κ2) is 8.28. The van der Waals surface area contributed by atoms with Gasteiger partial charge in [0.05, 0.1) is 16.1 Å². The normalized spacial score (nSPS) is 13.7. The number of aliphatic imine (C=N–C) groups is 1. The lowest BCUT2D eigenvalue weighted by Gasteiger charge is -2.15. The highest BCUT2D eigenvalue weighted by Gasteiger charge is 2.17. The monoisotopic (exact) mass is 425 g/mol. The molecule has 0 spiro atoms. The van der Waals surface area contributed by atoms with Crippen molar-refractivity contribution in [1.29, 1.82) is 0 Å². The van der Waals surface area contributed by atoms with Crippen LogP contribution in [0.4, 0.5) is 0 Å². The summed E-state index contributed by atoms with van der Waals surface area (Å²) in [5.74, 6) is 2.47. The third-order valence-electron chi connectivity index (χ3n) is 3.44. The summed E-state index contributed by atoms with van der Waals surface area (Å²) in [7, 11) is 0. The van der Waals surface area contributed by atoms with E-state index in [4.69, 9.17) is 21.1 Å². The highest BCUT2D eigenvalue weighted by molar-refractivity contribution is 9.10. The van der Waals surface area contributed by atoms with Crippen molar-refractivity contribution in [3.8, 4) is 11.5 Å². The lowest BCUT2D eigenvalue weighted by atomic mass is 10.2. The van der Waals surface area contributed by atoms with E-state index in [2.05, 4.69) is 20.9 Å². The Bertz CT molecular complexity index is 749. The number of benzene rings is 2. The first-order valence-corrected chi connectivity index (χ1v) is 9.84. The van der Waals surface area contributed by atoms with E-state index in [0.717, 1.165) is 38.7 Å². The zero-order valence-corrected chi connectivity index (χ0v) is 16.4. The molecule has 1 aliphatic rings. The molecule has 0 unspecified atom stereocenters. The predicted octanol–water partition coefficient (Wildman–Crippen LogP) is 5.57. The molecule has 0 fully saturated rings.